The zero-order valence-electron chi connectivity index (χ0n) is 16.7. The van der Waals surface area contributed by atoms with Crippen molar-refractivity contribution in [3.05, 3.63) is 46.0 Å². The molecule has 8 nitrogen and oxygen atoms in total. The van der Waals surface area contributed by atoms with E-state index in [1.807, 2.05) is 13.8 Å². The van der Waals surface area contributed by atoms with E-state index in [2.05, 4.69) is 5.32 Å². The number of nitro groups is 1. The van der Waals surface area contributed by atoms with Gasteiger partial charge < -0.3 is 0 Å². The summed E-state index contributed by atoms with van der Waals surface area (Å²) < 4.78 is 6.60. The molecular weight excluding hydrogens is 443 g/mol. The molecule has 0 heterocycles. The van der Waals surface area contributed by atoms with Crippen LogP contribution in [0.15, 0.2) is 35.9 Å². The Morgan fingerprint density at radius 2 is 2.07 bits per heavy atom. The standard InChI is InChI=1S/C20H26N2O6Se/c1-12(2)28-17-11-15(20(24)25)10-14(19(17)21-13(3)23)8-9-29-18-7-5-4-6-16(18)22(26)27/h4-7,11-12,14,17,19H,8-10H2,1-3H3,(H,21,23)(H,24,25)/t14-,17+,19+/m0/s1. The van der Waals surface area contributed by atoms with E-state index in [-0.39, 0.29) is 55.1 Å². The third-order valence-electron chi connectivity index (χ3n) is 4.59. The van der Waals surface area contributed by atoms with Crippen LogP contribution in [-0.4, -0.2) is 55.1 Å². The van der Waals surface area contributed by atoms with E-state index >= 15 is 0 Å². The summed E-state index contributed by atoms with van der Waals surface area (Å²) in [5.41, 5.74) is 0.391. The Labute approximate surface area is 176 Å². The van der Waals surface area contributed by atoms with Crippen molar-refractivity contribution in [2.75, 3.05) is 0 Å². The quantitative estimate of drug-likeness (QED) is 0.325. The van der Waals surface area contributed by atoms with Crippen LogP contribution in [0.5, 0.6) is 0 Å². The van der Waals surface area contributed by atoms with E-state index in [9.17, 15) is 24.8 Å². The van der Waals surface area contributed by atoms with Gasteiger partial charge in [-0.25, -0.2) is 0 Å². The van der Waals surface area contributed by atoms with Crippen LogP contribution in [0.4, 0.5) is 5.69 Å². The fourth-order valence-corrected chi connectivity index (χ4v) is 5.73. The number of carbonyl (C=O) groups is 2. The van der Waals surface area contributed by atoms with Gasteiger partial charge in [-0.1, -0.05) is 0 Å². The summed E-state index contributed by atoms with van der Waals surface area (Å²) in [5, 5.41) is 24.3. The number of para-hydroxylation sites is 1. The first kappa shape index (κ1) is 23.1. The average molecular weight is 469 g/mol. The number of carboxylic acids is 1. The van der Waals surface area contributed by atoms with Crippen LogP contribution < -0.4 is 9.78 Å². The Bertz CT molecular complexity index is 795. The van der Waals surface area contributed by atoms with Crippen LogP contribution in [0.1, 0.15) is 33.6 Å². The van der Waals surface area contributed by atoms with Crippen molar-refractivity contribution in [1.29, 1.82) is 0 Å². The molecule has 0 unspecified atom stereocenters. The molecular formula is C20H26N2O6Se. The number of carbonyl (C=O) groups excluding carboxylic acids is 1. The molecule has 3 atom stereocenters. The first-order chi connectivity index (χ1) is 13.7. The van der Waals surface area contributed by atoms with Crippen LogP contribution in [-0.2, 0) is 14.3 Å². The minimum absolute atomic E-state index is 0.113. The fraction of sp³-hybridized carbons (Fsp3) is 0.500. The summed E-state index contributed by atoms with van der Waals surface area (Å²) in [6, 6.07) is 6.35. The Balaban J connectivity index is 2.17. The molecule has 1 aromatic rings. The van der Waals surface area contributed by atoms with Crippen LogP contribution in [0.25, 0.3) is 0 Å². The molecule has 29 heavy (non-hydrogen) atoms. The normalized spacial score (nSPS) is 21.5. The molecule has 0 fully saturated rings. The van der Waals surface area contributed by atoms with Gasteiger partial charge in [0, 0.05) is 0 Å². The Kier molecular flexibility index (Phi) is 8.37. The number of hydrogen-bond donors (Lipinski definition) is 2. The monoisotopic (exact) mass is 470 g/mol. The first-order valence-corrected chi connectivity index (χ1v) is 11.5. The maximum atomic E-state index is 11.7. The van der Waals surface area contributed by atoms with Crippen LogP contribution in [0.2, 0.25) is 5.32 Å². The zero-order chi connectivity index (χ0) is 21.6. The number of nitrogens with one attached hydrogen (secondary N) is 1. The van der Waals surface area contributed by atoms with Gasteiger partial charge in [0.2, 0.25) is 0 Å². The second-order valence-electron chi connectivity index (χ2n) is 7.20. The van der Waals surface area contributed by atoms with Crippen molar-refractivity contribution >= 4 is 37.0 Å². The molecule has 0 bridgehead atoms. The number of nitrogens with zero attached hydrogens (tertiary/aromatic N) is 1. The van der Waals surface area contributed by atoms with Gasteiger partial charge in [0.05, 0.1) is 0 Å². The first-order valence-electron chi connectivity index (χ1n) is 9.41. The van der Waals surface area contributed by atoms with Crippen molar-refractivity contribution in [2.24, 2.45) is 5.92 Å². The van der Waals surface area contributed by atoms with Crippen molar-refractivity contribution < 1.29 is 24.4 Å². The average Bonchev–Trinajstić information content (AvgIpc) is 2.63. The van der Waals surface area contributed by atoms with Gasteiger partial charge in [0.15, 0.2) is 0 Å². The number of ether oxygens (including phenoxy) is 1. The topological polar surface area (TPSA) is 119 Å². The Hall–Kier alpha value is -2.22. The molecule has 0 saturated heterocycles. The molecule has 0 radical (unpaired) electrons. The minimum atomic E-state index is -0.988. The fourth-order valence-electron chi connectivity index (χ4n) is 3.41. The number of nitro benzene ring substituents is 1. The summed E-state index contributed by atoms with van der Waals surface area (Å²) in [4.78, 5) is 34.2. The van der Waals surface area contributed by atoms with Crippen LogP contribution >= 0.6 is 0 Å². The molecule has 1 aliphatic carbocycles. The van der Waals surface area contributed by atoms with Gasteiger partial charge in [-0.15, -0.1) is 0 Å². The SMILES string of the molecule is CC(=O)N[C@@H]1[C@@H](CC[Se]c2ccccc2[N+](=O)[O-])CC(C(=O)O)=C[C@H]1OC(C)C. The Morgan fingerprint density at radius 1 is 1.38 bits per heavy atom. The number of rotatable bonds is 9. The second kappa shape index (κ2) is 10.5. The summed E-state index contributed by atoms with van der Waals surface area (Å²) in [6.45, 7) is 5.15. The zero-order valence-corrected chi connectivity index (χ0v) is 18.4. The number of hydrogen-bond acceptors (Lipinski definition) is 5. The molecule has 1 aromatic carbocycles. The van der Waals surface area contributed by atoms with Crippen molar-refractivity contribution in [2.45, 2.75) is 57.2 Å². The third-order valence-corrected chi connectivity index (χ3v) is 6.89. The van der Waals surface area contributed by atoms with E-state index < -0.39 is 12.1 Å². The van der Waals surface area contributed by atoms with Gasteiger partial charge >= 0.3 is 176 Å². The molecule has 9 heteroatoms. The van der Waals surface area contributed by atoms with Crippen molar-refractivity contribution in [3.8, 4) is 0 Å². The molecule has 0 aromatic heterocycles. The van der Waals surface area contributed by atoms with Gasteiger partial charge in [-0.2, -0.15) is 0 Å². The summed E-state index contributed by atoms with van der Waals surface area (Å²) >= 11 is -0.136. The van der Waals surface area contributed by atoms with E-state index in [4.69, 9.17) is 4.74 Å². The summed E-state index contributed by atoms with van der Waals surface area (Å²) in [5.74, 6) is -1.31. The number of carboxylic acid groups (broad SMARTS) is 1. The van der Waals surface area contributed by atoms with Crippen LogP contribution in [0, 0.1) is 16.0 Å². The summed E-state index contributed by atoms with van der Waals surface area (Å²) in [6.07, 6.45) is 1.90. The van der Waals surface area contributed by atoms with Gasteiger partial charge in [0.25, 0.3) is 0 Å². The molecule has 0 aliphatic heterocycles. The molecule has 158 valence electrons. The van der Waals surface area contributed by atoms with Gasteiger partial charge in [-0.3, -0.25) is 0 Å². The van der Waals surface area contributed by atoms with E-state index in [1.165, 1.54) is 13.0 Å². The van der Waals surface area contributed by atoms with E-state index in [0.29, 0.717) is 22.6 Å². The molecule has 2 N–H and O–H groups in total. The number of benzene rings is 1. The predicted molar refractivity (Wildman–Crippen MR) is 109 cm³/mol. The second-order valence-corrected chi connectivity index (χ2v) is 9.58. The van der Waals surface area contributed by atoms with E-state index in [1.54, 1.807) is 24.3 Å². The third kappa shape index (κ3) is 6.66. The van der Waals surface area contributed by atoms with Gasteiger partial charge in [-0.05, 0) is 0 Å². The van der Waals surface area contributed by atoms with Gasteiger partial charge in [0.1, 0.15) is 0 Å². The van der Waals surface area contributed by atoms with Crippen LogP contribution in [0.3, 0.4) is 0 Å². The number of aliphatic carboxylic acids is 1. The predicted octanol–water partition coefficient (Wildman–Crippen LogP) is 2.06. The molecule has 1 aliphatic rings. The van der Waals surface area contributed by atoms with Crippen molar-refractivity contribution in [3.63, 3.8) is 0 Å². The Morgan fingerprint density at radius 3 is 2.66 bits per heavy atom. The van der Waals surface area contributed by atoms with E-state index in [0.717, 1.165) is 0 Å². The number of amides is 1. The molecule has 1 amide bonds. The van der Waals surface area contributed by atoms with Crippen molar-refractivity contribution in [1.82, 2.24) is 5.32 Å². The summed E-state index contributed by atoms with van der Waals surface area (Å²) in [7, 11) is 0. The molecule has 2 rings (SSSR count). The molecule has 0 saturated carbocycles. The maximum absolute atomic E-state index is 11.7. The molecule has 0 spiro atoms.